The Hall–Kier alpha value is -2.35. The lowest BCUT2D eigenvalue weighted by atomic mass is 9.78. The second-order valence-electron chi connectivity index (χ2n) is 6.53. The van der Waals surface area contributed by atoms with E-state index in [9.17, 15) is 14.3 Å². The van der Waals surface area contributed by atoms with Gasteiger partial charge in [0.05, 0.1) is 24.9 Å². The quantitative estimate of drug-likeness (QED) is 0.702. The molecule has 3 atom stereocenters. The Morgan fingerprint density at radius 2 is 1.93 bits per heavy atom. The Labute approximate surface area is 162 Å². The van der Waals surface area contributed by atoms with Gasteiger partial charge in [-0.1, -0.05) is 36.4 Å². The summed E-state index contributed by atoms with van der Waals surface area (Å²) >= 11 is 5.32. The van der Waals surface area contributed by atoms with Gasteiger partial charge in [-0.25, -0.2) is 4.39 Å². The van der Waals surface area contributed by atoms with E-state index in [0.717, 1.165) is 0 Å². The first-order chi connectivity index (χ1) is 13.0. The molecule has 0 spiro atoms. The van der Waals surface area contributed by atoms with Crippen LogP contribution in [0.25, 0.3) is 0 Å². The number of hydrogen-bond donors (Lipinski definition) is 3. The summed E-state index contributed by atoms with van der Waals surface area (Å²) in [5.41, 5.74) is -0.290. The SMILES string of the molecule is C[C@H]1OC[C@@](NC(=S)NC(=O)c2ccccc2)(c2ccccc2F)C1CO. The van der Waals surface area contributed by atoms with Gasteiger partial charge in [-0.3, -0.25) is 10.1 Å². The third kappa shape index (κ3) is 3.85. The van der Waals surface area contributed by atoms with Gasteiger partial charge in [-0.05, 0) is 37.3 Å². The van der Waals surface area contributed by atoms with E-state index in [1.807, 2.05) is 13.0 Å². The predicted molar refractivity (Wildman–Crippen MR) is 104 cm³/mol. The molecule has 1 amide bonds. The van der Waals surface area contributed by atoms with Crippen molar-refractivity contribution >= 4 is 23.2 Å². The Bertz CT molecular complexity index is 833. The van der Waals surface area contributed by atoms with Crippen LogP contribution in [-0.2, 0) is 10.3 Å². The molecule has 0 aromatic heterocycles. The zero-order valence-electron chi connectivity index (χ0n) is 14.8. The van der Waals surface area contributed by atoms with Gasteiger partial charge in [0, 0.05) is 17.0 Å². The monoisotopic (exact) mass is 388 g/mol. The summed E-state index contributed by atoms with van der Waals surface area (Å²) in [6.07, 6.45) is -0.310. The minimum absolute atomic E-state index is 0.0447. The number of ether oxygens (including phenoxy) is 1. The maximum atomic E-state index is 14.6. The fourth-order valence-corrected chi connectivity index (χ4v) is 3.76. The molecular formula is C20H21FN2O3S. The fraction of sp³-hybridized carbons (Fsp3) is 0.300. The van der Waals surface area contributed by atoms with E-state index in [-0.39, 0.29) is 30.3 Å². The smallest absolute Gasteiger partial charge is 0.257 e. The number of halogens is 1. The Kier molecular flexibility index (Phi) is 5.84. The van der Waals surface area contributed by atoms with Crippen LogP contribution in [0, 0.1) is 11.7 Å². The lowest BCUT2D eigenvalue weighted by Crippen LogP contribution is -2.56. The van der Waals surface area contributed by atoms with Gasteiger partial charge in [0.25, 0.3) is 5.91 Å². The number of aliphatic hydroxyl groups is 1. The maximum Gasteiger partial charge on any atom is 0.257 e. The van der Waals surface area contributed by atoms with Crippen LogP contribution in [0.1, 0.15) is 22.8 Å². The van der Waals surface area contributed by atoms with Crippen molar-refractivity contribution in [3.05, 3.63) is 71.5 Å². The van der Waals surface area contributed by atoms with E-state index >= 15 is 0 Å². The first kappa shape index (κ1) is 19.4. The van der Waals surface area contributed by atoms with Gasteiger partial charge in [0.1, 0.15) is 5.82 Å². The van der Waals surface area contributed by atoms with E-state index in [2.05, 4.69) is 10.6 Å². The molecule has 5 nitrogen and oxygen atoms in total. The highest BCUT2D eigenvalue weighted by atomic mass is 32.1. The van der Waals surface area contributed by atoms with Crippen LogP contribution in [-0.4, -0.2) is 35.4 Å². The van der Waals surface area contributed by atoms with Gasteiger partial charge in [-0.2, -0.15) is 0 Å². The topological polar surface area (TPSA) is 70.6 Å². The van der Waals surface area contributed by atoms with E-state index in [1.165, 1.54) is 6.07 Å². The minimum Gasteiger partial charge on any atom is -0.396 e. The Morgan fingerprint density at radius 3 is 2.59 bits per heavy atom. The van der Waals surface area contributed by atoms with Crippen LogP contribution in [0.4, 0.5) is 4.39 Å². The molecule has 1 saturated heterocycles. The Balaban J connectivity index is 1.88. The molecule has 27 heavy (non-hydrogen) atoms. The van der Waals surface area contributed by atoms with Crippen molar-refractivity contribution in [2.24, 2.45) is 5.92 Å². The number of rotatable bonds is 4. The van der Waals surface area contributed by atoms with Crippen molar-refractivity contribution in [1.82, 2.24) is 10.6 Å². The van der Waals surface area contributed by atoms with Gasteiger partial charge in [0.15, 0.2) is 5.11 Å². The highest BCUT2D eigenvalue weighted by molar-refractivity contribution is 7.80. The fourth-order valence-electron chi connectivity index (χ4n) is 3.49. The van der Waals surface area contributed by atoms with Crippen LogP contribution >= 0.6 is 12.2 Å². The predicted octanol–water partition coefficient (Wildman–Crippen LogP) is 2.35. The molecule has 7 heteroatoms. The van der Waals surface area contributed by atoms with Crippen molar-refractivity contribution in [3.63, 3.8) is 0 Å². The molecule has 142 valence electrons. The molecule has 0 bridgehead atoms. The molecule has 1 aliphatic heterocycles. The van der Waals surface area contributed by atoms with E-state index < -0.39 is 17.3 Å². The van der Waals surface area contributed by atoms with E-state index in [0.29, 0.717) is 11.1 Å². The third-order valence-electron chi connectivity index (χ3n) is 4.92. The second kappa shape index (κ2) is 8.12. The largest absolute Gasteiger partial charge is 0.396 e. The second-order valence-corrected chi connectivity index (χ2v) is 6.94. The molecule has 3 rings (SSSR count). The summed E-state index contributed by atoms with van der Waals surface area (Å²) < 4.78 is 20.3. The minimum atomic E-state index is -1.08. The molecule has 2 aromatic carbocycles. The number of aliphatic hydroxyl groups excluding tert-OH is 1. The average molecular weight is 388 g/mol. The number of thiocarbonyl (C=S) groups is 1. The summed E-state index contributed by atoms with van der Waals surface area (Å²) in [5.74, 6) is -1.25. The van der Waals surface area contributed by atoms with Crippen molar-refractivity contribution in [3.8, 4) is 0 Å². The van der Waals surface area contributed by atoms with Gasteiger partial charge >= 0.3 is 0 Å². The number of nitrogens with one attached hydrogen (secondary N) is 2. The first-order valence-corrected chi connectivity index (χ1v) is 9.05. The van der Waals surface area contributed by atoms with Gasteiger partial charge in [-0.15, -0.1) is 0 Å². The summed E-state index contributed by atoms with van der Waals surface area (Å²) in [4.78, 5) is 12.4. The summed E-state index contributed by atoms with van der Waals surface area (Å²) in [6.45, 7) is 1.70. The normalized spacial score (nSPS) is 24.4. The molecule has 0 aliphatic carbocycles. The number of hydrogen-bond acceptors (Lipinski definition) is 4. The van der Waals surface area contributed by atoms with Crippen LogP contribution in [0.15, 0.2) is 54.6 Å². The summed E-state index contributed by atoms with van der Waals surface area (Å²) in [5, 5.41) is 15.6. The molecule has 3 N–H and O–H groups in total. The molecule has 0 radical (unpaired) electrons. The lowest BCUT2D eigenvalue weighted by molar-refractivity contribution is 0.0860. The van der Waals surface area contributed by atoms with Crippen LogP contribution < -0.4 is 10.6 Å². The molecular weight excluding hydrogens is 367 g/mol. The van der Waals surface area contributed by atoms with E-state index in [1.54, 1.807) is 42.5 Å². The third-order valence-corrected chi connectivity index (χ3v) is 5.13. The van der Waals surface area contributed by atoms with Crippen molar-refractivity contribution in [2.75, 3.05) is 13.2 Å². The zero-order valence-corrected chi connectivity index (χ0v) is 15.6. The Morgan fingerprint density at radius 1 is 1.26 bits per heavy atom. The summed E-state index contributed by atoms with van der Waals surface area (Å²) in [6, 6.07) is 14.9. The maximum absolute atomic E-state index is 14.6. The molecule has 1 aliphatic rings. The average Bonchev–Trinajstić information content (AvgIpc) is 2.98. The highest BCUT2D eigenvalue weighted by Gasteiger charge is 2.50. The molecule has 0 saturated carbocycles. The van der Waals surface area contributed by atoms with Crippen LogP contribution in [0.3, 0.4) is 0 Å². The molecule has 1 heterocycles. The molecule has 1 fully saturated rings. The lowest BCUT2D eigenvalue weighted by Gasteiger charge is -2.36. The van der Waals surface area contributed by atoms with Crippen LogP contribution in [0.5, 0.6) is 0 Å². The van der Waals surface area contributed by atoms with Crippen molar-refractivity contribution < 1.29 is 19.0 Å². The van der Waals surface area contributed by atoms with Crippen molar-refractivity contribution in [2.45, 2.75) is 18.6 Å². The van der Waals surface area contributed by atoms with Crippen molar-refractivity contribution in [1.29, 1.82) is 0 Å². The van der Waals surface area contributed by atoms with Gasteiger partial charge in [0.2, 0.25) is 0 Å². The van der Waals surface area contributed by atoms with Crippen LogP contribution in [0.2, 0.25) is 0 Å². The highest BCUT2D eigenvalue weighted by Crippen LogP contribution is 2.40. The number of carbonyl (C=O) groups excluding carboxylic acids is 1. The zero-order chi connectivity index (χ0) is 19.4. The van der Waals surface area contributed by atoms with Gasteiger partial charge < -0.3 is 15.2 Å². The number of amides is 1. The van der Waals surface area contributed by atoms with E-state index in [4.69, 9.17) is 17.0 Å². The number of carbonyl (C=O) groups is 1. The number of benzene rings is 2. The standard InChI is InChI=1S/C20H21FN2O3S/c1-13-16(11-24)20(12-26-13,15-9-5-6-10-17(15)21)23-19(27)22-18(25)14-7-3-2-4-8-14/h2-10,13,16,24H,11-12H2,1H3,(H2,22,23,25,27)/t13-,16?,20-/m1/s1. The molecule has 2 aromatic rings. The molecule has 1 unspecified atom stereocenters. The first-order valence-electron chi connectivity index (χ1n) is 8.64. The summed E-state index contributed by atoms with van der Waals surface area (Å²) in [7, 11) is 0.